The molecule has 0 spiro atoms. The second kappa shape index (κ2) is 6.92. The molecule has 2 aliphatic rings. The summed E-state index contributed by atoms with van der Waals surface area (Å²) >= 11 is 7.08. The van der Waals surface area contributed by atoms with Crippen LogP contribution in [0.4, 0.5) is 10.5 Å². The zero-order valence-electron chi connectivity index (χ0n) is 16.9. The summed E-state index contributed by atoms with van der Waals surface area (Å²) in [7, 11) is 2.12. The predicted octanol–water partition coefficient (Wildman–Crippen LogP) is 5.59. The molecule has 1 N–H and O–H groups in total. The number of imide groups is 1. The molecule has 1 unspecified atom stereocenters. The highest BCUT2D eigenvalue weighted by Crippen LogP contribution is 2.50. The van der Waals surface area contributed by atoms with E-state index in [0.717, 1.165) is 28.8 Å². The molecule has 2 heterocycles. The molecule has 150 valence electrons. The number of hydrogen-bond acceptors (Lipinski definition) is 4. The van der Waals surface area contributed by atoms with Crippen molar-refractivity contribution in [1.29, 1.82) is 0 Å². The van der Waals surface area contributed by atoms with Crippen LogP contribution < -0.4 is 10.2 Å². The second-order valence-corrected chi connectivity index (χ2v) is 9.97. The van der Waals surface area contributed by atoms with Crippen molar-refractivity contribution in [3.8, 4) is 0 Å². The van der Waals surface area contributed by atoms with Crippen molar-refractivity contribution in [3.05, 3.63) is 69.1 Å². The van der Waals surface area contributed by atoms with Crippen LogP contribution in [-0.2, 0) is 10.2 Å². The number of rotatable bonds is 2. The predicted molar refractivity (Wildman–Crippen MR) is 121 cm³/mol. The Balaban J connectivity index is 1.87. The van der Waals surface area contributed by atoms with Gasteiger partial charge in [-0.1, -0.05) is 36.7 Å². The Morgan fingerprint density at radius 2 is 1.79 bits per heavy atom. The summed E-state index contributed by atoms with van der Waals surface area (Å²) in [5.74, 6) is -0.337. The molecule has 0 saturated carbocycles. The van der Waals surface area contributed by atoms with E-state index >= 15 is 0 Å². The number of halogens is 1. The van der Waals surface area contributed by atoms with Crippen LogP contribution in [0.2, 0.25) is 5.02 Å². The average Bonchev–Trinajstić information content (AvgIpc) is 2.97. The van der Waals surface area contributed by atoms with Crippen molar-refractivity contribution in [1.82, 2.24) is 5.32 Å². The van der Waals surface area contributed by atoms with Crippen LogP contribution in [-0.4, -0.2) is 23.7 Å². The monoisotopic (exact) mass is 426 g/mol. The van der Waals surface area contributed by atoms with Gasteiger partial charge in [-0.15, -0.1) is 0 Å². The number of carbonyl (C=O) groups excluding carboxylic acids is 2. The van der Waals surface area contributed by atoms with Gasteiger partial charge >= 0.3 is 0 Å². The van der Waals surface area contributed by atoms with Crippen LogP contribution in [0.25, 0.3) is 6.08 Å². The van der Waals surface area contributed by atoms with Crippen LogP contribution in [0.1, 0.15) is 43.9 Å². The number of carbonyl (C=O) groups is 2. The standard InChI is InChI=1S/C23H23ClN2O2S/c1-22(2)13-23(3,15-6-8-16(24)9-7-15)17-11-14(5-10-18(17)26(22)4)12-19-20(27)25-21(28)29-19/h5-12H,13H2,1-4H3,(H,25,27,28). The lowest BCUT2D eigenvalue weighted by atomic mass is 9.65. The fraction of sp³-hybridized carbons (Fsp3) is 0.304. The molecule has 2 aromatic carbocycles. The van der Waals surface area contributed by atoms with Crippen LogP contribution >= 0.6 is 23.4 Å². The van der Waals surface area contributed by atoms with E-state index in [4.69, 9.17) is 11.6 Å². The second-order valence-electron chi connectivity index (χ2n) is 8.52. The van der Waals surface area contributed by atoms with E-state index in [1.54, 1.807) is 6.08 Å². The lowest BCUT2D eigenvalue weighted by Crippen LogP contribution is -2.51. The molecule has 0 aromatic heterocycles. The Morgan fingerprint density at radius 1 is 1.10 bits per heavy atom. The third-order valence-electron chi connectivity index (χ3n) is 6.09. The molecule has 1 saturated heterocycles. The first-order chi connectivity index (χ1) is 13.6. The zero-order chi connectivity index (χ0) is 21.0. The summed E-state index contributed by atoms with van der Waals surface area (Å²) in [5.41, 5.74) is 4.23. The minimum absolute atomic E-state index is 0.0328. The molecule has 2 aliphatic heterocycles. The molecule has 2 aromatic rings. The molecule has 6 heteroatoms. The highest BCUT2D eigenvalue weighted by molar-refractivity contribution is 8.18. The van der Waals surface area contributed by atoms with Gasteiger partial charge < -0.3 is 4.90 Å². The van der Waals surface area contributed by atoms with Gasteiger partial charge in [-0.2, -0.15) is 0 Å². The molecule has 29 heavy (non-hydrogen) atoms. The topological polar surface area (TPSA) is 49.4 Å². The molecule has 0 radical (unpaired) electrons. The largest absolute Gasteiger partial charge is 0.369 e. The number of fused-ring (bicyclic) bond motifs is 1. The first-order valence-corrected chi connectivity index (χ1v) is 10.7. The number of benzene rings is 2. The van der Waals surface area contributed by atoms with Crippen molar-refractivity contribution >= 4 is 46.3 Å². The average molecular weight is 427 g/mol. The fourth-order valence-corrected chi connectivity index (χ4v) is 5.24. The zero-order valence-corrected chi connectivity index (χ0v) is 18.4. The van der Waals surface area contributed by atoms with E-state index in [-0.39, 0.29) is 22.1 Å². The maximum Gasteiger partial charge on any atom is 0.290 e. The van der Waals surface area contributed by atoms with Gasteiger partial charge in [-0.05, 0) is 79.1 Å². The minimum atomic E-state index is -0.337. The highest BCUT2D eigenvalue weighted by Gasteiger charge is 2.44. The maximum atomic E-state index is 12.0. The molecule has 1 fully saturated rings. The van der Waals surface area contributed by atoms with Gasteiger partial charge in [0.05, 0.1) is 4.91 Å². The van der Waals surface area contributed by atoms with Crippen molar-refractivity contribution in [2.24, 2.45) is 0 Å². The lowest BCUT2D eigenvalue weighted by molar-refractivity contribution is -0.115. The van der Waals surface area contributed by atoms with E-state index in [1.165, 1.54) is 16.8 Å². The Kier molecular flexibility index (Phi) is 4.79. The van der Waals surface area contributed by atoms with Crippen molar-refractivity contribution in [3.63, 3.8) is 0 Å². The normalized spacial score (nSPS) is 24.6. The number of hydrogen-bond donors (Lipinski definition) is 1. The highest BCUT2D eigenvalue weighted by atomic mass is 35.5. The van der Waals surface area contributed by atoms with Gasteiger partial charge in [0.15, 0.2) is 0 Å². The van der Waals surface area contributed by atoms with Crippen LogP contribution in [0.3, 0.4) is 0 Å². The Morgan fingerprint density at radius 3 is 2.41 bits per heavy atom. The number of nitrogens with one attached hydrogen (secondary N) is 1. The van der Waals surface area contributed by atoms with Crippen LogP contribution in [0, 0.1) is 0 Å². The molecule has 2 amide bonds. The number of thioether (sulfide) groups is 1. The number of amides is 2. The maximum absolute atomic E-state index is 12.0. The summed E-state index contributed by atoms with van der Waals surface area (Å²) in [6.45, 7) is 6.78. The number of anilines is 1. The third-order valence-corrected chi connectivity index (χ3v) is 7.15. The lowest BCUT2D eigenvalue weighted by Gasteiger charge is -2.51. The Hall–Kier alpha value is -2.24. The van der Waals surface area contributed by atoms with Gasteiger partial charge in [0.2, 0.25) is 0 Å². The van der Waals surface area contributed by atoms with Crippen LogP contribution in [0.15, 0.2) is 47.4 Å². The molecule has 0 bridgehead atoms. The smallest absolute Gasteiger partial charge is 0.290 e. The van der Waals surface area contributed by atoms with Crippen LogP contribution in [0.5, 0.6) is 0 Å². The van der Waals surface area contributed by atoms with E-state index in [2.05, 4.69) is 62.3 Å². The van der Waals surface area contributed by atoms with E-state index in [0.29, 0.717) is 4.91 Å². The van der Waals surface area contributed by atoms with Gasteiger partial charge in [-0.25, -0.2) is 0 Å². The van der Waals surface area contributed by atoms with E-state index < -0.39 is 0 Å². The van der Waals surface area contributed by atoms with Gasteiger partial charge in [-0.3, -0.25) is 14.9 Å². The fourth-order valence-electron chi connectivity index (χ4n) is 4.43. The summed E-state index contributed by atoms with van der Waals surface area (Å²) in [5, 5.41) is 2.70. The molecular formula is C23H23ClN2O2S. The van der Waals surface area contributed by atoms with Gasteiger partial charge in [0, 0.05) is 28.7 Å². The number of nitrogens with zero attached hydrogens (tertiary/aromatic N) is 1. The first-order valence-electron chi connectivity index (χ1n) is 9.49. The summed E-state index contributed by atoms with van der Waals surface area (Å²) in [4.78, 5) is 26.2. The molecule has 1 atom stereocenters. The molecule has 4 nitrogen and oxygen atoms in total. The third kappa shape index (κ3) is 3.47. The van der Waals surface area contributed by atoms with Crippen molar-refractivity contribution in [2.75, 3.05) is 11.9 Å². The molecule has 4 rings (SSSR count). The van der Waals surface area contributed by atoms with Gasteiger partial charge in [0.25, 0.3) is 11.1 Å². The molecular weight excluding hydrogens is 404 g/mol. The van der Waals surface area contributed by atoms with E-state index in [9.17, 15) is 9.59 Å². The quantitative estimate of drug-likeness (QED) is 0.636. The van der Waals surface area contributed by atoms with Gasteiger partial charge in [0.1, 0.15) is 0 Å². The van der Waals surface area contributed by atoms with Crippen molar-refractivity contribution in [2.45, 2.75) is 38.1 Å². The first kappa shape index (κ1) is 20.0. The van der Waals surface area contributed by atoms with E-state index in [1.807, 2.05) is 18.2 Å². The SMILES string of the molecule is CN1c2ccc(C=C3SC(=O)NC3=O)cc2C(C)(c2ccc(Cl)cc2)CC1(C)C. The Bertz CT molecular complexity index is 1050. The summed E-state index contributed by atoms with van der Waals surface area (Å²) in [6, 6.07) is 14.3. The minimum Gasteiger partial charge on any atom is -0.369 e. The summed E-state index contributed by atoms with van der Waals surface area (Å²) < 4.78 is 0. The van der Waals surface area contributed by atoms with Crippen molar-refractivity contribution < 1.29 is 9.59 Å². The molecule has 0 aliphatic carbocycles. The Labute approximate surface area is 180 Å². The summed E-state index contributed by atoms with van der Waals surface area (Å²) in [6.07, 6.45) is 2.71.